The van der Waals surface area contributed by atoms with Crippen molar-refractivity contribution in [3.63, 3.8) is 0 Å². The van der Waals surface area contributed by atoms with Crippen LogP contribution in [-0.2, 0) is 0 Å². The van der Waals surface area contributed by atoms with Gasteiger partial charge >= 0.3 is 11.4 Å². The number of hydrogen-bond donors (Lipinski definition) is 1. The predicted octanol–water partition coefficient (Wildman–Crippen LogP) is 5.47. The van der Waals surface area contributed by atoms with Gasteiger partial charge in [0.05, 0.1) is 38.2 Å². The Bertz CT molecular complexity index is 1990. The van der Waals surface area contributed by atoms with Crippen molar-refractivity contribution in [2.75, 3.05) is 0 Å². The molecule has 0 aliphatic carbocycles. The summed E-state index contributed by atoms with van der Waals surface area (Å²) in [4.78, 5) is 46.3. The fourth-order valence-electron chi connectivity index (χ4n) is 3.29. The maximum Gasteiger partial charge on any atom is 0.320 e. The Morgan fingerprint density at radius 2 is 1.42 bits per heavy atom. The van der Waals surface area contributed by atoms with E-state index in [9.17, 15) is 20.2 Å². The Morgan fingerprint density at radius 1 is 0.814 bits per heavy atom. The molecule has 16 nitrogen and oxygen atoms in total. The lowest BCUT2D eigenvalue weighted by molar-refractivity contribution is -0.388. The molecule has 6 aromatic rings. The minimum atomic E-state index is -0.671. The summed E-state index contributed by atoms with van der Waals surface area (Å²) in [7, 11) is 0. The van der Waals surface area contributed by atoms with E-state index in [1.54, 1.807) is 21.7 Å². The fraction of sp³-hybridized carbons (Fsp3) is 0. The molecule has 0 amide bonds. The number of benzene rings is 2. The Labute approximate surface area is 253 Å². The van der Waals surface area contributed by atoms with Crippen molar-refractivity contribution in [1.29, 1.82) is 10.5 Å². The summed E-state index contributed by atoms with van der Waals surface area (Å²) in [5.74, 6) is 0.229. The first-order chi connectivity index (χ1) is 20.8. The lowest BCUT2D eigenvalue weighted by Gasteiger charge is -2.03. The predicted molar refractivity (Wildman–Crippen MR) is 156 cm³/mol. The maximum atomic E-state index is 10.9. The molecule has 19 heteroatoms. The van der Waals surface area contributed by atoms with Crippen LogP contribution in [-0.4, -0.2) is 49.3 Å². The maximum absolute atomic E-state index is 10.9. The van der Waals surface area contributed by atoms with Crippen LogP contribution in [0.5, 0.6) is 0 Å². The van der Waals surface area contributed by atoms with Gasteiger partial charge in [0, 0.05) is 23.5 Å². The molecule has 0 saturated heterocycles. The third-order valence-corrected chi connectivity index (χ3v) is 6.46. The van der Waals surface area contributed by atoms with Crippen LogP contribution in [0.3, 0.4) is 0 Å². The summed E-state index contributed by atoms with van der Waals surface area (Å²) < 4.78 is 1.61. The molecule has 212 valence electrons. The number of thioether (sulfide) groups is 2. The number of para-hydroxylation sites is 4. The van der Waals surface area contributed by atoms with Crippen LogP contribution in [0.1, 0.15) is 0 Å². The number of imidazole rings is 2. The molecule has 0 fully saturated rings. The molecule has 0 saturated carbocycles. The van der Waals surface area contributed by atoms with E-state index in [0.29, 0.717) is 23.5 Å². The second-order valence-corrected chi connectivity index (χ2v) is 9.50. The Kier molecular flexibility index (Phi) is 10.1. The molecule has 0 radical (unpaired) electrons. The quantitative estimate of drug-likeness (QED) is 0.0619. The number of nitro groups is 2. The van der Waals surface area contributed by atoms with Crippen LogP contribution in [0.15, 0.2) is 83.6 Å². The SMILES string of the molecule is N#CSc1nc(-n2cnc3ccccc32)ncc1[N+](=O)[O-].N#CSc1nc(Cl)ncc1[N+](=O)[O-].c1ccc2[nH]cnc2c1. The van der Waals surface area contributed by atoms with E-state index in [1.165, 1.54) is 6.33 Å². The topological polar surface area (TPSA) is 232 Å². The first-order valence-electron chi connectivity index (χ1n) is 11.4. The molecule has 4 aromatic heterocycles. The van der Waals surface area contributed by atoms with Crippen molar-refractivity contribution in [2.45, 2.75) is 10.1 Å². The van der Waals surface area contributed by atoms with Crippen molar-refractivity contribution in [3.8, 4) is 16.8 Å². The van der Waals surface area contributed by atoms with Gasteiger partial charge in [-0.15, -0.1) is 0 Å². The molecule has 1 N–H and O–H groups in total. The summed E-state index contributed by atoms with van der Waals surface area (Å²) in [6.45, 7) is 0. The van der Waals surface area contributed by atoms with Gasteiger partial charge in [-0.25, -0.2) is 24.9 Å². The number of aromatic nitrogens is 8. The largest absolute Gasteiger partial charge is 0.345 e. The van der Waals surface area contributed by atoms with Crippen molar-refractivity contribution in [3.05, 3.63) is 99.1 Å². The normalized spacial score (nSPS) is 10.0. The van der Waals surface area contributed by atoms with E-state index in [-0.39, 0.29) is 32.7 Å². The van der Waals surface area contributed by atoms with Crippen molar-refractivity contribution >= 4 is 68.6 Å². The van der Waals surface area contributed by atoms with Gasteiger partial charge in [0.1, 0.15) is 29.5 Å². The summed E-state index contributed by atoms with van der Waals surface area (Å²) in [6, 6.07) is 15.3. The van der Waals surface area contributed by atoms with E-state index < -0.39 is 9.85 Å². The molecule has 0 aliphatic rings. The van der Waals surface area contributed by atoms with Gasteiger partial charge in [0.2, 0.25) is 11.2 Å². The zero-order chi connectivity index (χ0) is 30.8. The molecule has 0 spiro atoms. The summed E-state index contributed by atoms with van der Waals surface area (Å²) in [5, 5.41) is 41.6. The van der Waals surface area contributed by atoms with Crippen LogP contribution in [0.2, 0.25) is 5.28 Å². The van der Waals surface area contributed by atoms with Crippen molar-refractivity contribution < 1.29 is 9.85 Å². The minimum Gasteiger partial charge on any atom is -0.345 e. The first-order valence-corrected chi connectivity index (χ1v) is 13.4. The highest BCUT2D eigenvalue weighted by molar-refractivity contribution is 8.04. The van der Waals surface area contributed by atoms with E-state index in [2.05, 4.69) is 34.9 Å². The van der Waals surface area contributed by atoms with Crippen LogP contribution < -0.4 is 0 Å². The minimum absolute atomic E-state index is 0.00489. The number of aromatic amines is 1. The number of nitriles is 2. The molecule has 0 unspecified atom stereocenters. The number of nitrogens with one attached hydrogen (secondary N) is 1. The standard InChI is InChI=1S/C12H6N6O2S.C7H6N2.C5HClN4O2S/c13-6-21-11-10(18(19)20)5-14-12(16-11)17-7-15-8-3-1-2-4-9(8)17;1-2-4-7-6(3-1)8-5-9-7;6-5-8-1-3(10(11)12)4(9-5)13-2-7/h1-5,7H;1-5H,(H,8,9);1H. The molecule has 4 heterocycles. The molecule has 43 heavy (non-hydrogen) atoms. The van der Waals surface area contributed by atoms with Crippen LogP contribution >= 0.6 is 35.1 Å². The second kappa shape index (κ2) is 14.3. The van der Waals surface area contributed by atoms with Gasteiger partial charge in [-0.1, -0.05) is 24.3 Å². The van der Waals surface area contributed by atoms with E-state index in [1.807, 2.05) is 48.5 Å². The average Bonchev–Trinajstić information content (AvgIpc) is 3.65. The number of H-pyrrole nitrogens is 1. The van der Waals surface area contributed by atoms with Crippen molar-refractivity contribution in [1.82, 2.24) is 39.5 Å². The highest BCUT2D eigenvalue weighted by Gasteiger charge is 2.19. The number of thiocyanates is 2. The van der Waals surface area contributed by atoms with E-state index in [0.717, 1.165) is 34.5 Å². The van der Waals surface area contributed by atoms with Gasteiger partial charge in [0.15, 0.2) is 10.1 Å². The molecule has 0 atom stereocenters. The van der Waals surface area contributed by atoms with Gasteiger partial charge in [-0.05, 0) is 35.9 Å². The third kappa shape index (κ3) is 7.54. The molecule has 6 rings (SSSR count). The second-order valence-electron chi connectivity index (χ2n) is 7.61. The molecule has 2 aromatic carbocycles. The van der Waals surface area contributed by atoms with Crippen LogP contribution in [0.25, 0.3) is 28.0 Å². The lowest BCUT2D eigenvalue weighted by atomic mass is 10.3. The van der Waals surface area contributed by atoms with Crippen LogP contribution in [0.4, 0.5) is 11.4 Å². The molecular formula is C24H13ClN12O4S2. The summed E-state index contributed by atoms with van der Waals surface area (Å²) in [6.07, 6.45) is 5.29. The van der Waals surface area contributed by atoms with Gasteiger partial charge in [0.25, 0.3) is 0 Å². The Hall–Kier alpha value is -5.69. The van der Waals surface area contributed by atoms with Gasteiger partial charge < -0.3 is 4.98 Å². The fourth-order valence-corrected chi connectivity index (χ4v) is 4.37. The monoisotopic (exact) mass is 632 g/mol. The number of fused-ring (bicyclic) bond motifs is 2. The molecular weight excluding hydrogens is 620 g/mol. The van der Waals surface area contributed by atoms with Crippen molar-refractivity contribution in [2.24, 2.45) is 0 Å². The smallest absolute Gasteiger partial charge is 0.320 e. The van der Waals surface area contributed by atoms with Crippen LogP contribution in [0, 0.1) is 41.6 Å². The van der Waals surface area contributed by atoms with Gasteiger partial charge in [-0.3, -0.25) is 24.8 Å². The number of rotatable bonds is 5. The number of nitrogens with zero attached hydrogens (tertiary/aromatic N) is 11. The summed E-state index contributed by atoms with van der Waals surface area (Å²) in [5.41, 5.74) is 3.04. The van der Waals surface area contributed by atoms with Gasteiger partial charge in [-0.2, -0.15) is 15.5 Å². The molecule has 0 bridgehead atoms. The third-order valence-electron chi connectivity index (χ3n) is 5.10. The highest BCUT2D eigenvalue weighted by Crippen LogP contribution is 2.27. The zero-order valence-corrected chi connectivity index (χ0v) is 23.6. The Morgan fingerprint density at radius 3 is 2.07 bits per heavy atom. The molecule has 0 aliphatic heterocycles. The number of hydrogen-bond acceptors (Lipinski definition) is 14. The number of halogens is 1. The lowest BCUT2D eigenvalue weighted by Crippen LogP contribution is -2.03. The average molecular weight is 633 g/mol. The summed E-state index contributed by atoms with van der Waals surface area (Å²) >= 11 is 6.59. The first kappa shape index (κ1) is 30.3. The van der Waals surface area contributed by atoms with E-state index >= 15 is 0 Å². The zero-order valence-electron chi connectivity index (χ0n) is 21.2. The Balaban J connectivity index is 0.000000163. The highest BCUT2D eigenvalue weighted by atomic mass is 35.5. The van der Waals surface area contributed by atoms with E-state index in [4.69, 9.17) is 22.1 Å².